The average molecular weight is 278 g/mol. The van der Waals surface area contributed by atoms with Crippen LogP contribution in [0.4, 0.5) is 0 Å². The summed E-state index contributed by atoms with van der Waals surface area (Å²) >= 11 is 9.15. The maximum Gasteiger partial charge on any atom is 0.324 e. The second kappa shape index (κ2) is 5.37. The van der Waals surface area contributed by atoms with E-state index in [1.807, 2.05) is 24.3 Å². The number of hydrogen-bond acceptors (Lipinski definition) is 2. The number of hydrogen-bond donors (Lipinski definition) is 0. The van der Waals surface area contributed by atoms with E-state index in [-0.39, 0.29) is 0 Å². The predicted octanol–water partition coefficient (Wildman–Crippen LogP) is 2.77. The molecule has 1 aromatic carbocycles. The van der Waals surface area contributed by atoms with Gasteiger partial charge in [-0.25, -0.2) is 0 Å². The van der Waals surface area contributed by atoms with E-state index < -0.39 is 11.3 Å². The first-order valence-corrected chi connectivity index (χ1v) is 5.32. The van der Waals surface area contributed by atoms with E-state index in [1.165, 1.54) is 7.11 Å². The van der Waals surface area contributed by atoms with Gasteiger partial charge in [-0.15, -0.1) is 11.6 Å². The Morgan fingerprint density at radius 1 is 1.50 bits per heavy atom. The van der Waals surface area contributed by atoms with Crippen LogP contribution in [-0.2, 0) is 16.0 Å². The number of carbonyl (C=O) groups is 1. The van der Waals surface area contributed by atoms with Crippen molar-refractivity contribution in [1.82, 2.24) is 0 Å². The first-order valence-electron chi connectivity index (χ1n) is 4.10. The minimum Gasteiger partial charge on any atom is -0.468 e. The maximum atomic E-state index is 11.0. The van der Waals surface area contributed by atoms with E-state index in [4.69, 9.17) is 11.6 Å². The van der Waals surface area contributed by atoms with E-state index in [0.29, 0.717) is 6.42 Å². The molecule has 1 unspecified atom stereocenters. The fourth-order valence-corrected chi connectivity index (χ4v) is 1.57. The van der Waals surface area contributed by atoms with Crippen LogP contribution in [0.1, 0.15) is 5.56 Å². The molecule has 0 heterocycles. The third kappa shape index (κ3) is 3.31. The van der Waals surface area contributed by atoms with Crippen LogP contribution in [0.2, 0.25) is 0 Å². The Morgan fingerprint density at radius 2 is 2.07 bits per heavy atom. The minimum absolute atomic E-state index is 0.394. The number of benzene rings is 1. The monoisotopic (exact) mass is 276 g/mol. The Labute approximate surface area is 96.3 Å². The zero-order chi connectivity index (χ0) is 10.6. The molecule has 0 aliphatic carbocycles. The van der Waals surface area contributed by atoms with Crippen molar-refractivity contribution in [1.29, 1.82) is 0 Å². The molecule has 14 heavy (non-hydrogen) atoms. The van der Waals surface area contributed by atoms with Crippen molar-refractivity contribution in [2.45, 2.75) is 11.8 Å². The summed E-state index contributed by atoms with van der Waals surface area (Å²) in [4.78, 5) is 11.0. The predicted molar refractivity (Wildman–Crippen MR) is 59.5 cm³/mol. The van der Waals surface area contributed by atoms with Crippen LogP contribution < -0.4 is 0 Å². The summed E-state index contributed by atoms with van der Waals surface area (Å²) in [5, 5.41) is -0.610. The number of esters is 1. The number of methoxy groups -OCH3 is 1. The van der Waals surface area contributed by atoms with E-state index in [1.54, 1.807) is 0 Å². The van der Waals surface area contributed by atoms with Gasteiger partial charge in [0.25, 0.3) is 0 Å². The highest BCUT2D eigenvalue weighted by molar-refractivity contribution is 9.10. The van der Waals surface area contributed by atoms with Crippen LogP contribution in [0, 0.1) is 0 Å². The van der Waals surface area contributed by atoms with Crippen LogP contribution in [0.3, 0.4) is 0 Å². The van der Waals surface area contributed by atoms with Crippen LogP contribution in [0.15, 0.2) is 28.7 Å². The van der Waals surface area contributed by atoms with Crippen molar-refractivity contribution in [3.8, 4) is 0 Å². The summed E-state index contributed by atoms with van der Waals surface area (Å²) in [7, 11) is 1.33. The highest BCUT2D eigenvalue weighted by atomic mass is 79.9. The van der Waals surface area contributed by atoms with Gasteiger partial charge in [0.2, 0.25) is 0 Å². The van der Waals surface area contributed by atoms with Gasteiger partial charge in [0.05, 0.1) is 7.11 Å². The Balaban J connectivity index is 2.60. The first-order chi connectivity index (χ1) is 6.63. The summed E-state index contributed by atoms with van der Waals surface area (Å²) in [6, 6.07) is 7.66. The number of halogens is 2. The molecule has 0 bridgehead atoms. The van der Waals surface area contributed by atoms with Crippen LogP contribution in [-0.4, -0.2) is 18.5 Å². The summed E-state index contributed by atoms with van der Waals surface area (Å²) < 4.78 is 5.53. The molecule has 0 N–H and O–H groups in total. The van der Waals surface area contributed by atoms with Gasteiger partial charge in [-0.2, -0.15) is 0 Å². The topological polar surface area (TPSA) is 26.3 Å². The van der Waals surface area contributed by atoms with Crippen molar-refractivity contribution < 1.29 is 9.53 Å². The van der Waals surface area contributed by atoms with Crippen molar-refractivity contribution in [2.24, 2.45) is 0 Å². The SMILES string of the molecule is COC(=O)C(Cl)Cc1ccc(Br)cc1. The molecule has 1 rings (SSSR count). The Hall–Kier alpha value is -0.540. The quantitative estimate of drug-likeness (QED) is 0.627. The first kappa shape index (κ1) is 11.5. The molecule has 0 amide bonds. The number of ether oxygens (including phenoxy) is 1. The van der Waals surface area contributed by atoms with Crippen molar-refractivity contribution in [3.05, 3.63) is 34.3 Å². The molecule has 0 aliphatic heterocycles. The second-order valence-electron chi connectivity index (χ2n) is 2.82. The van der Waals surface area contributed by atoms with Crippen LogP contribution in [0.25, 0.3) is 0 Å². The van der Waals surface area contributed by atoms with E-state index in [2.05, 4.69) is 20.7 Å². The van der Waals surface area contributed by atoms with Gasteiger partial charge in [0.1, 0.15) is 5.38 Å². The molecule has 0 saturated heterocycles. The van der Waals surface area contributed by atoms with Gasteiger partial charge in [-0.1, -0.05) is 28.1 Å². The molecule has 76 valence electrons. The minimum atomic E-state index is -0.610. The fourth-order valence-electron chi connectivity index (χ4n) is 1.04. The highest BCUT2D eigenvalue weighted by Crippen LogP contribution is 2.14. The molecule has 0 radical (unpaired) electrons. The third-order valence-electron chi connectivity index (χ3n) is 1.79. The van der Waals surface area contributed by atoms with E-state index in [9.17, 15) is 4.79 Å². The van der Waals surface area contributed by atoms with Gasteiger partial charge < -0.3 is 4.74 Å². The Kier molecular flexibility index (Phi) is 4.42. The smallest absolute Gasteiger partial charge is 0.324 e. The maximum absolute atomic E-state index is 11.0. The zero-order valence-electron chi connectivity index (χ0n) is 7.67. The van der Waals surface area contributed by atoms with Gasteiger partial charge in [-0.05, 0) is 24.1 Å². The fraction of sp³-hybridized carbons (Fsp3) is 0.300. The summed E-state index contributed by atoms with van der Waals surface area (Å²) in [6.07, 6.45) is 0.488. The highest BCUT2D eigenvalue weighted by Gasteiger charge is 2.15. The summed E-state index contributed by atoms with van der Waals surface area (Å²) in [5.74, 6) is -0.394. The number of alkyl halides is 1. The Bertz CT molecular complexity index is 310. The molecule has 0 aromatic heterocycles. The van der Waals surface area contributed by atoms with Crippen LogP contribution >= 0.6 is 27.5 Å². The van der Waals surface area contributed by atoms with Gasteiger partial charge in [-0.3, -0.25) is 4.79 Å². The van der Waals surface area contributed by atoms with Crippen molar-refractivity contribution in [2.75, 3.05) is 7.11 Å². The largest absolute Gasteiger partial charge is 0.468 e. The van der Waals surface area contributed by atoms with Crippen molar-refractivity contribution in [3.63, 3.8) is 0 Å². The Morgan fingerprint density at radius 3 is 2.57 bits per heavy atom. The van der Waals surface area contributed by atoms with Gasteiger partial charge >= 0.3 is 5.97 Å². The lowest BCUT2D eigenvalue weighted by Gasteiger charge is -2.06. The normalized spacial score (nSPS) is 12.2. The van der Waals surface area contributed by atoms with E-state index in [0.717, 1.165) is 10.0 Å². The number of rotatable bonds is 3. The molecule has 1 atom stereocenters. The van der Waals surface area contributed by atoms with Gasteiger partial charge in [0.15, 0.2) is 0 Å². The summed E-state index contributed by atoms with van der Waals surface area (Å²) in [5.41, 5.74) is 1.01. The van der Waals surface area contributed by atoms with Crippen molar-refractivity contribution >= 4 is 33.5 Å². The molecule has 1 aromatic rings. The van der Waals surface area contributed by atoms with Crippen LogP contribution in [0.5, 0.6) is 0 Å². The molecular formula is C10H10BrClO2. The lowest BCUT2D eigenvalue weighted by Crippen LogP contribution is -2.18. The molecular weight excluding hydrogens is 267 g/mol. The second-order valence-corrected chi connectivity index (χ2v) is 4.26. The van der Waals surface area contributed by atoms with E-state index >= 15 is 0 Å². The number of carbonyl (C=O) groups excluding carboxylic acids is 1. The van der Waals surface area contributed by atoms with Gasteiger partial charge in [0, 0.05) is 4.47 Å². The molecule has 2 nitrogen and oxygen atoms in total. The molecule has 0 spiro atoms. The zero-order valence-corrected chi connectivity index (χ0v) is 10.0. The third-order valence-corrected chi connectivity index (χ3v) is 2.65. The molecule has 0 saturated carbocycles. The average Bonchev–Trinajstić information content (AvgIpc) is 2.20. The lowest BCUT2D eigenvalue weighted by molar-refractivity contribution is -0.140. The lowest BCUT2D eigenvalue weighted by atomic mass is 10.1. The standard InChI is InChI=1S/C10H10BrClO2/c1-14-10(13)9(12)6-7-2-4-8(11)5-3-7/h2-5,9H,6H2,1H3. The molecule has 0 fully saturated rings. The summed E-state index contributed by atoms with van der Waals surface area (Å²) in [6.45, 7) is 0. The molecule has 0 aliphatic rings. The molecule has 4 heteroatoms.